The molecule has 2 N–H and O–H groups in total. The third kappa shape index (κ3) is 4.34. The SMILES string of the molecule is Cc1cc(C(=O)NCC(C)CC(=O)O)ccc1[N+](=O)[O-]. The lowest BCUT2D eigenvalue weighted by Gasteiger charge is -2.10. The Morgan fingerprint density at radius 2 is 2.10 bits per heavy atom. The molecule has 0 fully saturated rings. The zero-order chi connectivity index (χ0) is 15.3. The first kappa shape index (κ1) is 15.6. The number of carbonyl (C=O) groups is 2. The molecule has 0 aliphatic carbocycles. The summed E-state index contributed by atoms with van der Waals surface area (Å²) in [6, 6.07) is 4.10. The number of carboxylic acid groups (broad SMARTS) is 1. The summed E-state index contributed by atoms with van der Waals surface area (Å²) in [5.41, 5.74) is 0.678. The standard InChI is InChI=1S/C13H16N2O5/c1-8(5-12(16)17)7-14-13(18)10-3-4-11(15(19)20)9(2)6-10/h3-4,6,8H,5,7H2,1-2H3,(H,14,18)(H,16,17). The Hall–Kier alpha value is -2.44. The summed E-state index contributed by atoms with van der Waals surface area (Å²) in [6.07, 6.45) is -0.0282. The van der Waals surface area contributed by atoms with Gasteiger partial charge in [-0.1, -0.05) is 6.92 Å². The van der Waals surface area contributed by atoms with Crippen molar-refractivity contribution >= 4 is 17.6 Å². The number of carbonyl (C=O) groups excluding carboxylic acids is 1. The van der Waals surface area contributed by atoms with Crippen molar-refractivity contribution in [2.24, 2.45) is 5.92 Å². The van der Waals surface area contributed by atoms with E-state index in [1.165, 1.54) is 18.2 Å². The first-order valence-corrected chi connectivity index (χ1v) is 6.06. The molecule has 1 rings (SSSR count). The van der Waals surface area contributed by atoms with E-state index < -0.39 is 10.9 Å². The number of nitrogens with one attached hydrogen (secondary N) is 1. The molecule has 7 heteroatoms. The molecular weight excluding hydrogens is 264 g/mol. The number of carboxylic acids is 1. The van der Waals surface area contributed by atoms with Crippen molar-refractivity contribution in [2.45, 2.75) is 20.3 Å². The van der Waals surface area contributed by atoms with Crippen molar-refractivity contribution in [1.82, 2.24) is 5.32 Å². The summed E-state index contributed by atoms with van der Waals surface area (Å²) in [5.74, 6) is -1.48. The van der Waals surface area contributed by atoms with Crippen LogP contribution < -0.4 is 5.32 Å². The van der Waals surface area contributed by atoms with Gasteiger partial charge in [0, 0.05) is 30.2 Å². The van der Waals surface area contributed by atoms with Crippen LogP contribution in [0.3, 0.4) is 0 Å². The van der Waals surface area contributed by atoms with Gasteiger partial charge in [-0.15, -0.1) is 0 Å². The molecule has 0 bridgehead atoms. The normalized spacial score (nSPS) is 11.7. The highest BCUT2D eigenvalue weighted by molar-refractivity contribution is 5.94. The molecule has 1 atom stereocenters. The third-order valence-corrected chi connectivity index (χ3v) is 2.79. The van der Waals surface area contributed by atoms with Gasteiger partial charge in [-0.2, -0.15) is 0 Å². The van der Waals surface area contributed by atoms with Crippen LogP contribution in [0.5, 0.6) is 0 Å². The lowest BCUT2D eigenvalue weighted by atomic mass is 10.1. The molecule has 1 unspecified atom stereocenters. The predicted molar refractivity (Wildman–Crippen MR) is 71.6 cm³/mol. The van der Waals surface area contributed by atoms with Crippen molar-refractivity contribution in [2.75, 3.05) is 6.54 Å². The van der Waals surface area contributed by atoms with E-state index in [0.717, 1.165) is 0 Å². The minimum absolute atomic E-state index is 0.0282. The van der Waals surface area contributed by atoms with Crippen molar-refractivity contribution in [1.29, 1.82) is 0 Å². The summed E-state index contributed by atoms with van der Waals surface area (Å²) < 4.78 is 0. The van der Waals surface area contributed by atoms with Gasteiger partial charge in [0.15, 0.2) is 0 Å². The molecule has 1 aromatic carbocycles. The Balaban J connectivity index is 2.67. The van der Waals surface area contributed by atoms with Crippen LogP contribution in [0.15, 0.2) is 18.2 Å². The maximum atomic E-state index is 11.8. The molecule has 0 saturated carbocycles. The van der Waals surface area contributed by atoms with Gasteiger partial charge in [0.25, 0.3) is 11.6 Å². The van der Waals surface area contributed by atoms with Crippen LogP contribution in [0.25, 0.3) is 0 Å². The predicted octanol–water partition coefficient (Wildman–Crippen LogP) is 1.74. The van der Waals surface area contributed by atoms with Crippen LogP contribution in [0.4, 0.5) is 5.69 Å². The van der Waals surface area contributed by atoms with Crippen LogP contribution in [-0.2, 0) is 4.79 Å². The molecule has 1 aromatic rings. The van der Waals surface area contributed by atoms with E-state index >= 15 is 0 Å². The van der Waals surface area contributed by atoms with Gasteiger partial charge >= 0.3 is 5.97 Å². The van der Waals surface area contributed by atoms with E-state index in [4.69, 9.17) is 5.11 Å². The molecule has 0 radical (unpaired) electrons. The molecule has 7 nitrogen and oxygen atoms in total. The third-order valence-electron chi connectivity index (χ3n) is 2.79. The van der Waals surface area contributed by atoms with Crippen LogP contribution in [0.1, 0.15) is 29.3 Å². The van der Waals surface area contributed by atoms with Gasteiger partial charge < -0.3 is 10.4 Å². The Labute approximate surface area is 115 Å². The van der Waals surface area contributed by atoms with Crippen molar-refractivity contribution in [3.63, 3.8) is 0 Å². The van der Waals surface area contributed by atoms with E-state index in [0.29, 0.717) is 11.1 Å². The van der Waals surface area contributed by atoms with Gasteiger partial charge in [-0.05, 0) is 25.0 Å². The zero-order valence-corrected chi connectivity index (χ0v) is 11.3. The molecule has 108 valence electrons. The lowest BCUT2D eigenvalue weighted by Crippen LogP contribution is -2.29. The second-order valence-corrected chi connectivity index (χ2v) is 4.67. The van der Waals surface area contributed by atoms with Gasteiger partial charge in [0.05, 0.1) is 4.92 Å². The molecule has 0 heterocycles. The summed E-state index contributed by atoms with van der Waals surface area (Å²) >= 11 is 0. The average Bonchev–Trinajstić information content (AvgIpc) is 2.34. The summed E-state index contributed by atoms with van der Waals surface area (Å²) in [6.45, 7) is 3.51. The largest absolute Gasteiger partial charge is 0.481 e. The Morgan fingerprint density at radius 3 is 2.60 bits per heavy atom. The number of aliphatic carboxylic acids is 1. The molecule has 0 aliphatic heterocycles. The summed E-state index contributed by atoms with van der Waals surface area (Å²) in [4.78, 5) is 32.5. The molecule has 0 aliphatic rings. The Bertz CT molecular complexity index is 542. The highest BCUT2D eigenvalue weighted by Crippen LogP contribution is 2.18. The van der Waals surface area contributed by atoms with Crippen LogP contribution >= 0.6 is 0 Å². The number of hydrogen-bond donors (Lipinski definition) is 2. The van der Waals surface area contributed by atoms with Crippen LogP contribution in [0.2, 0.25) is 0 Å². The van der Waals surface area contributed by atoms with E-state index in [9.17, 15) is 19.7 Å². The number of nitro benzene ring substituents is 1. The first-order chi connectivity index (χ1) is 9.31. The number of nitro groups is 1. The maximum absolute atomic E-state index is 11.8. The topological polar surface area (TPSA) is 110 Å². The summed E-state index contributed by atoms with van der Waals surface area (Å²) in [7, 11) is 0. The molecule has 20 heavy (non-hydrogen) atoms. The lowest BCUT2D eigenvalue weighted by molar-refractivity contribution is -0.385. The van der Waals surface area contributed by atoms with E-state index in [1.807, 2.05) is 0 Å². The minimum atomic E-state index is -0.919. The number of amides is 1. The van der Waals surface area contributed by atoms with Crippen molar-refractivity contribution in [3.8, 4) is 0 Å². The first-order valence-electron chi connectivity index (χ1n) is 6.06. The van der Waals surface area contributed by atoms with Crippen LogP contribution in [0, 0.1) is 23.0 Å². The molecular formula is C13H16N2O5. The fourth-order valence-corrected chi connectivity index (χ4v) is 1.74. The van der Waals surface area contributed by atoms with Gasteiger partial charge in [-0.3, -0.25) is 19.7 Å². The van der Waals surface area contributed by atoms with Crippen molar-refractivity contribution in [3.05, 3.63) is 39.4 Å². The number of rotatable bonds is 6. The zero-order valence-electron chi connectivity index (χ0n) is 11.3. The molecule has 0 aromatic heterocycles. The number of aryl methyl sites for hydroxylation is 1. The van der Waals surface area contributed by atoms with Gasteiger partial charge in [-0.25, -0.2) is 0 Å². The van der Waals surface area contributed by atoms with Gasteiger partial charge in [0.2, 0.25) is 0 Å². The number of nitrogens with zero attached hydrogens (tertiary/aromatic N) is 1. The van der Waals surface area contributed by atoms with Gasteiger partial charge in [0.1, 0.15) is 0 Å². The monoisotopic (exact) mass is 280 g/mol. The second kappa shape index (κ2) is 6.65. The Morgan fingerprint density at radius 1 is 1.45 bits per heavy atom. The Kier molecular flexibility index (Phi) is 5.19. The van der Waals surface area contributed by atoms with Crippen molar-refractivity contribution < 1.29 is 19.6 Å². The molecule has 0 saturated heterocycles. The molecule has 1 amide bonds. The quantitative estimate of drug-likeness (QED) is 0.609. The average molecular weight is 280 g/mol. The highest BCUT2D eigenvalue weighted by atomic mass is 16.6. The smallest absolute Gasteiger partial charge is 0.303 e. The highest BCUT2D eigenvalue weighted by Gasteiger charge is 2.14. The second-order valence-electron chi connectivity index (χ2n) is 4.67. The molecule has 0 spiro atoms. The summed E-state index contributed by atoms with van der Waals surface area (Å²) in [5, 5.41) is 21.9. The fourth-order valence-electron chi connectivity index (χ4n) is 1.74. The number of benzene rings is 1. The number of hydrogen-bond acceptors (Lipinski definition) is 4. The van der Waals surface area contributed by atoms with Crippen LogP contribution in [-0.4, -0.2) is 28.5 Å². The minimum Gasteiger partial charge on any atom is -0.481 e. The van der Waals surface area contributed by atoms with E-state index in [-0.39, 0.29) is 30.5 Å². The maximum Gasteiger partial charge on any atom is 0.303 e. The van der Waals surface area contributed by atoms with E-state index in [2.05, 4.69) is 5.32 Å². The fraction of sp³-hybridized carbons (Fsp3) is 0.385. The van der Waals surface area contributed by atoms with E-state index in [1.54, 1.807) is 13.8 Å².